The van der Waals surface area contributed by atoms with E-state index in [1.807, 2.05) is 0 Å². The van der Waals surface area contributed by atoms with Crippen LogP contribution in [0.2, 0.25) is 0 Å². The highest BCUT2D eigenvalue weighted by Gasteiger charge is 2.30. The largest absolute Gasteiger partial charge is 0.465 e. The van der Waals surface area contributed by atoms with Crippen molar-refractivity contribution in [2.24, 2.45) is 16.1 Å². The van der Waals surface area contributed by atoms with Gasteiger partial charge in [0.15, 0.2) is 0 Å². The van der Waals surface area contributed by atoms with Gasteiger partial charge in [0.05, 0.1) is 34.8 Å². The number of carbonyl (C=O) groups is 1. The average Bonchev–Trinajstić information content (AvgIpc) is 3.03. The smallest absolute Gasteiger partial charge is 0.412 e. The van der Waals surface area contributed by atoms with E-state index in [9.17, 15) is 14.3 Å². The van der Waals surface area contributed by atoms with Crippen molar-refractivity contribution < 1.29 is 14.3 Å². The molecule has 160 valence electrons. The fourth-order valence-electron chi connectivity index (χ4n) is 4.79. The molecule has 0 atom stereocenters. The van der Waals surface area contributed by atoms with Crippen LogP contribution in [0.5, 0.6) is 0 Å². The maximum Gasteiger partial charge on any atom is 0.412 e. The van der Waals surface area contributed by atoms with Crippen molar-refractivity contribution in [3.05, 3.63) is 57.2 Å². The first kappa shape index (κ1) is 19.9. The second kappa shape index (κ2) is 7.92. The van der Waals surface area contributed by atoms with Gasteiger partial charge in [0.1, 0.15) is 5.82 Å². The molecule has 2 aromatic rings. The summed E-state index contributed by atoms with van der Waals surface area (Å²) >= 11 is 6.23. The molecule has 0 bridgehead atoms. The van der Waals surface area contributed by atoms with E-state index < -0.39 is 6.09 Å². The number of nitrogens with zero attached hydrogens (tertiary/aromatic N) is 4. The second-order valence-electron chi connectivity index (χ2n) is 8.10. The third-order valence-corrected chi connectivity index (χ3v) is 6.56. The zero-order chi connectivity index (χ0) is 21.5. The van der Waals surface area contributed by atoms with Gasteiger partial charge in [-0.1, -0.05) is 11.6 Å². The van der Waals surface area contributed by atoms with Crippen LogP contribution in [-0.2, 0) is 6.54 Å². The number of hydrogen-bond acceptors (Lipinski definition) is 4. The van der Waals surface area contributed by atoms with Crippen LogP contribution in [0.3, 0.4) is 0 Å². The Balaban J connectivity index is 1.49. The van der Waals surface area contributed by atoms with Gasteiger partial charge in [0.2, 0.25) is 0 Å². The maximum absolute atomic E-state index is 13.2. The van der Waals surface area contributed by atoms with Gasteiger partial charge in [0, 0.05) is 34.7 Å². The predicted octanol–water partition coefficient (Wildman–Crippen LogP) is 4.00. The van der Waals surface area contributed by atoms with Crippen molar-refractivity contribution in [3.8, 4) is 0 Å². The molecule has 1 aliphatic carbocycles. The molecule has 9 heteroatoms. The van der Waals surface area contributed by atoms with Gasteiger partial charge in [0.25, 0.3) is 0 Å². The van der Waals surface area contributed by atoms with Crippen LogP contribution in [0.4, 0.5) is 14.9 Å². The third kappa shape index (κ3) is 3.65. The van der Waals surface area contributed by atoms with E-state index >= 15 is 0 Å². The molecular formula is C22H21ClFN5O2. The highest BCUT2D eigenvalue weighted by molar-refractivity contribution is 6.34. The number of azo groups is 1. The van der Waals surface area contributed by atoms with Crippen molar-refractivity contribution in [1.82, 2.24) is 9.97 Å². The molecule has 1 amide bonds. The van der Waals surface area contributed by atoms with Crippen LogP contribution >= 0.6 is 11.6 Å². The SMILES string of the molecule is O=C(O)N1CC=C(Cl)C=c2[nH]c3c(c21)CN=NC=3[C@H]1CC[C@H](c2ccc(F)cn2)CC1. The first-order valence-electron chi connectivity index (χ1n) is 10.3. The van der Waals surface area contributed by atoms with Crippen molar-refractivity contribution in [3.63, 3.8) is 0 Å². The summed E-state index contributed by atoms with van der Waals surface area (Å²) in [5, 5.41) is 20.5. The van der Waals surface area contributed by atoms with Crippen LogP contribution in [0, 0.1) is 11.7 Å². The summed E-state index contributed by atoms with van der Waals surface area (Å²) in [6, 6.07) is 3.22. The third-order valence-electron chi connectivity index (χ3n) is 6.30. The number of carboxylic acid groups (broad SMARTS) is 1. The van der Waals surface area contributed by atoms with Crippen molar-refractivity contribution in [2.45, 2.75) is 38.1 Å². The molecular weight excluding hydrogens is 421 g/mol. The van der Waals surface area contributed by atoms with E-state index in [-0.39, 0.29) is 18.3 Å². The fraction of sp³-hybridized carbons (Fsp3) is 0.364. The average molecular weight is 442 g/mol. The molecule has 7 nitrogen and oxygen atoms in total. The lowest BCUT2D eigenvalue weighted by atomic mass is 9.78. The van der Waals surface area contributed by atoms with Crippen LogP contribution in [-0.4, -0.2) is 27.7 Å². The second-order valence-corrected chi connectivity index (χ2v) is 8.54. The Hall–Kier alpha value is -3.00. The number of anilines is 1. The summed E-state index contributed by atoms with van der Waals surface area (Å²) in [6.07, 6.45) is 7.36. The van der Waals surface area contributed by atoms with Gasteiger partial charge in [-0.2, -0.15) is 10.2 Å². The lowest BCUT2D eigenvalue weighted by Crippen LogP contribution is -2.33. The van der Waals surface area contributed by atoms with Gasteiger partial charge in [-0.25, -0.2) is 9.18 Å². The number of amides is 1. The zero-order valence-electron chi connectivity index (χ0n) is 16.7. The van der Waals surface area contributed by atoms with E-state index in [0.29, 0.717) is 28.5 Å². The van der Waals surface area contributed by atoms with Crippen molar-refractivity contribution in [1.29, 1.82) is 0 Å². The van der Waals surface area contributed by atoms with E-state index in [2.05, 4.69) is 20.2 Å². The summed E-state index contributed by atoms with van der Waals surface area (Å²) in [5.74, 6) is 0.195. The predicted molar refractivity (Wildman–Crippen MR) is 115 cm³/mol. The van der Waals surface area contributed by atoms with Crippen LogP contribution in [0.25, 0.3) is 11.8 Å². The molecule has 0 spiro atoms. The monoisotopic (exact) mass is 441 g/mol. The number of aromatic nitrogens is 2. The fourth-order valence-corrected chi connectivity index (χ4v) is 4.96. The minimum absolute atomic E-state index is 0.185. The summed E-state index contributed by atoms with van der Waals surface area (Å²) in [6.45, 7) is 0.513. The Morgan fingerprint density at radius 1 is 1.23 bits per heavy atom. The number of H-pyrrole nitrogens is 1. The molecule has 1 fully saturated rings. The molecule has 0 saturated heterocycles. The van der Waals surface area contributed by atoms with E-state index in [1.165, 1.54) is 17.2 Å². The zero-order valence-corrected chi connectivity index (χ0v) is 17.4. The standard InChI is InChI=1S/C22H21ClFN5O2/c23-14-7-8-29(22(30)31)21-16-11-26-28-19(20(16)27-18(21)9-14)13-3-1-12(2-4-13)17-6-5-15(24)10-25-17/h5-7,9-10,12-13,27H,1-4,8,11H2,(H,30,31)/t12-,13-. The van der Waals surface area contributed by atoms with Crippen LogP contribution < -0.4 is 15.6 Å². The Labute approximate surface area is 182 Å². The van der Waals surface area contributed by atoms with Gasteiger partial charge >= 0.3 is 6.09 Å². The van der Waals surface area contributed by atoms with Crippen molar-refractivity contribution in [2.75, 3.05) is 11.4 Å². The number of aromatic amines is 1. The molecule has 3 aliphatic rings. The molecule has 2 N–H and O–H groups in total. The molecule has 4 heterocycles. The summed E-state index contributed by atoms with van der Waals surface area (Å²) in [7, 11) is 0. The Kier molecular flexibility index (Phi) is 5.09. The molecule has 1 saturated carbocycles. The number of allylic oxidation sites excluding steroid dienone is 1. The van der Waals surface area contributed by atoms with Gasteiger partial charge in [-0.05, 0) is 50.0 Å². The van der Waals surface area contributed by atoms with E-state index in [4.69, 9.17) is 11.6 Å². The lowest BCUT2D eigenvalue weighted by molar-refractivity contribution is 0.202. The molecule has 2 aromatic heterocycles. The number of hydrogen-bond donors (Lipinski definition) is 2. The van der Waals surface area contributed by atoms with Gasteiger partial charge < -0.3 is 10.1 Å². The Bertz CT molecular complexity index is 1210. The maximum atomic E-state index is 13.2. The first-order valence-corrected chi connectivity index (χ1v) is 10.7. The lowest BCUT2D eigenvalue weighted by Gasteiger charge is -2.28. The van der Waals surface area contributed by atoms with Gasteiger partial charge in [-0.15, -0.1) is 0 Å². The Morgan fingerprint density at radius 2 is 2.00 bits per heavy atom. The quantitative estimate of drug-likeness (QED) is 0.737. The van der Waals surface area contributed by atoms with Crippen molar-refractivity contribution >= 4 is 35.2 Å². The molecule has 5 rings (SSSR count). The molecule has 0 radical (unpaired) electrons. The minimum Gasteiger partial charge on any atom is -0.465 e. The highest BCUT2D eigenvalue weighted by atomic mass is 35.5. The number of fused-ring (bicyclic) bond motifs is 3. The van der Waals surface area contributed by atoms with Gasteiger partial charge in [-0.3, -0.25) is 9.88 Å². The summed E-state index contributed by atoms with van der Waals surface area (Å²) in [4.78, 5) is 20.8. The molecule has 31 heavy (non-hydrogen) atoms. The summed E-state index contributed by atoms with van der Waals surface area (Å²) < 4.78 is 13.2. The summed E-state index contributed by atoms with van der Waals surface area (Å²) in [5.41, 5.74) is 3.25. The highest BCUT2D eigenvalue weighted by Crippen LogP contribution is 2.39. The first-order chi connectivity index (χ1) is 15.0. The van der Waals surface area contributed by atoms with Crippen LogP contribution in [0.15, 0.2) is 39.7 Å². The number of rotatable bonds is 2. The normalized spacial score (nSPS) is 22.8. The van der Waals surface area contributed by atoms with Crippen LogP contribution in [0.1, 0.15) is 42.9 Å². The minimum atomic E-state index is -1.03. The number of nitrogens with one attached hydrogen (secondary N) is 1. The topological polar surface area (TPSA) is 93.9 Å². The molecule has 0 aromatic carbocycles. The number of halogens is 2. The van der Waals surface area contributed by atoms with E-state index in [1.54, 1.807) is 18.2 Å². The van der Waals surface area contributed by atoms with E-state index in [0.717, 1.165) is 48.0 Å². The molecule has 0 unspecified atom stereocenters. The molecule has 2 aliphatic heterocycles. The Morgan fingerprint density at radius 3 is 2.71 bits per heavy atom. The number of pyridine rings is 1.